The molecule has 5 aliphatic rings. The smallest absolute Gasteiger partial charge is 0.333 e. The van der Waals surface area contributed by atoms with Gasteiger partial charge >= 0.3 is 11.7 Å². The summed E-state index contributed by atoms with van der Waals surface area (Å²) in [5.41, 5.74) is 0.785. The molecule has 2 aromatic rings. The average molecular weight is 436 g/mol. The van der Waals surface area contributed by atoms with Crippen LogP contribution in [-0.2, 0) is 7.05 Å². The fourth-order valence-electron chi connectivity index (χ4n) is 7.48. The molecular formula is C25H33N5O2. The van der Waals surface area contributed by atoms with E-state index in [0.717, 1.165) is 42.1 Å². The number of amides is 2. The summed E-state index contributed by atoms with van der Waals surface area (Å²) in [5, 5.41) is 8.09. The van der Waals surface area contributed by atoms with E-state index >= 15 is 0 Å². The number of aromatic nitrogens is 3. The zero-order valence-corrected chi connectivity index (χ0v) is 18.9. The molecule has 1 aromatic heterocycles. The largest absolute Gasteiger partial charge is 0.350 e. The third-order valence-electron chi connectivity index (χ3n) is 8.52. The molecule has 1 saturated heterocycles. The van der Waals surface area contributed by atoms with E-state index in [1.54, 1.807) is 11.6 Å². The summed E-state index contributed by atoms with van der Waals surface area (Å²) in [4.78, 5) is 27.9. The van der Waals surface area contributed by atoms with Gasteiger partial charge in [0.05, 0.1) is 5.69 Å². The number of aryl methyl sites for hydroxylation is 1. The van der Waals surface area contributed by atoms with Gasteiger partial charge in [0.15, 0.2) is 0 Å². The summed E-state index contributed by atoms with van der Waals surface area (Å²) in [6.45, 7) is 1.42. The number of carbonyl (C=O) groups is 1. The number of hydrogen-bond donors (Lipinski definition) is 1. The molecule has 4 saturated carbocycles. The maximum absolute atomic E-state index is 13.2. The summed E-state index contributed by atoms with van der Waals surface area (Å²) < 4.78 is 3.16. The van der Waals surface area contributed by atoms with E-state index in [0.29, 0.717) is 13.1 Å². The first-order valence-electron chi connectivity index (χ1n) is 12.3. The fraction of sp³-hybridized carbons (Fsp3) is 0.640. The van der Waals surface area contributed by atoms with Crippen LogP contribution < -0.4 is 11.0 Å². The van der Waals surface area contributed by atoms with E-state index in [4.69, 9.17) is 0 Å². The summed E-state index contributed by atoms with van der Waals surface area (Å²) in [5.74, 6) is 3.46. The number of urea groups is 1. The average Bonchev–Trinajstić information content (AvgIpc) is 3.07. The summed E-state index contributed by atoms with van der Waals surface area (Å²) in [6.07, 6.45) is 9.35. The topological polar surface area (TPSA) is 72.2 Å². The van der Waals surface area contributed by atoms with Crippen LogP contribution in [0.4, 0.5) is 4.79 Å². The molecule has 7 rings (SSSR count). The number of benzene rings is 1. The SMILES string of the molecule is Cn1nc(C2CCN(C(=O)NC34CC5CC(CC(C5)C3)C4)CC2)n(-c2ccccc2)c1=O. The third kappa shape index (κ3) is 3.37. The van der Waals surface area contributed by atoms with E-state index < -0.39 is 0 Å². The van der Waals surface area contributed by atoms with Crippen molar-refractivity contribution in [3.8, 4) is 5.69 Å². The zero-order valence-electron chi connectivity index (χ0n) is 18.9. The first-order chi connectivity index (χ1) is 15.5. The van der Waals surface area contributed by atoms with Crippen molar-refractivity contribution < 1.29 is 4.79 Å². The number of carbonyl (C=O) groups excluding carboxylic acids is 1. The molecular weight excluding hydrogens is 402 g/mol. The standard InChI is InChI=1S/C25H33N5O2/c1-28-24(32)30(21-5-3-2-4-6-21)22(27-28)20-7-9-29(10-8-20)23(31)26-25-14-17-11-18(15-25)13-19(12-17)16-25/h2-6,17-20H,7-16H2,1H3,(H,26,31). The van der Waals surface area contributed by atoms with Crippen molar-refractivity contribution in [2.75, 3.05) is 13.1 Å². The fourth-order valence-corrected chi connectivity index (χ4v) is 7.48. The van der Waals surface area contributed by atoms with Crippen molar-refractivity contribution in [2.24, 2.45) is 24.8 Å². The second-order valence-electron chi connectivity index (χ2n) is 10.8. The zero-order chi connectivity index (χ0) is 21.9. The highest BCUT2D eigenvalue weighted by atomic mass is 16.2. The number of nitrogens with one attached hydrogen (secondary N) is 1. The van der Waals surface area contributed by atoms with E-state index in [1.165, 1.54) is 43.2 Å². The molecule has 4 bridgehead atoms. The van der Waals surface area contributed by atoms with Crippen LogP contribution in [0.15, 0.2) is 35.1 Å². The van der Waals surface area contributed by atoms with Gasteiger partial charge in [0.2, 0.25) is 0 Å². The Balaban J connectivity index is 1.14. The molecule has 2 amide bonds. The van der Waals surface area contributed by atoms with Gasteiger partial charge in [0.25, 0.3) is 0 Å². The molecule has 7 heteroatoms. The van der Waals surface area contributed by atoms with Gasteiger partial charge in [-0.2, -0.15) is 5.10 Å². The van der Waals surface area contributed by atoms with E-state index in [1.807, 2.05) is 35.2 Å². The molecule has 7 nitrogen and oxygen atoms in total. The number of hydrogen-bond acceptors (Lipinski definition) is 3. The van der Waals surface area contributed by atoms with E-state index in [2.05, 4.69) is 10.4 Å². The number of piperidine rings is 1. The van der Waals surface area contributed by atoms with Crippen LogP contribution in [0.5, 0.6) is 0 Å². The van der Waals surface area contributed by atoms with Crippen LogP contribution >= 0.6 is 0 Å². The first kappa shape index (κ1) is 20.1. The number of para-hydroxylation sites is 1. The van der Waals surface area contributed by atoms with Gasteiger partial charge in [-0.25, -0.2) is 18.8 Å². The Morgan fingerprint density at radius 3 is 2.19 bits per heavy atom. The van der Waals surface area contributed by atoms with Crippen LogP contribution in [0, 0.1) is 17.8 Å². The van der Waals surface area contributed by atoms with Crippen LogP contribution in [-0.4, -0.2) is 43.9 Å². The minimum atomic E-state index is -0.117. The maximum Gasteiger partial charge on any atom is 0.350 e. The van der Waals surface area contributed by atoms with Gasteiger partial charge in [-0.15, -0.1) is 0 Å². The Bertz CT molecular complexity index is 1030. The highest BCUT2D eigenvalue weighted by Gasteiger charge is 2.52. The van der Waals surface area contributed by atoms with Gasteiger partial charge in [-0.05, 0) is 81.3 Å². The lowest BCUT2D eigenvalue weighted by atomic mass is 9.53. The van der Waals surface area contributed by atoms with Crippen molar-refractivity contribution >= 4 is 6.03 Å². The Morgan fingerprint density at radius 1 is 1.00 bits per heavy atom. The van der Waals surface area contributed by atoms with Gasteiger partial charge < -0.3 is 10.2 Å². The normalized spacial score (nSPS) is 31.8. The first-order valence-corrected chi connectivity index (χ1v) is 12.3. The molecule has 1 N–H and O–H groups in total. The Labute approximate surface area is 188 Å². The van der Waals surface area contributed by atoms with Crippen molar-refractivity contribution in [3.05, 3.63) is 46.6 Å². The molecule has 0 radical (unpaired) electrons. The third-order valence-corrected chi connectivity index (χ3v) is 8.52. The van der Waals surface area contributed by atoms with Gasteiger partial charge in [-0.1, -0.05) is 18.2 Å². The molecule has 0 spiro atoms. The van der Waals surface area contributed by atoms with E-state index in [9.17, 15) is 9.59 Å². The predicted octanol–water partition coefficient (Wildman–Crippen LogP) is 3.43. The lowest BCUT2D eigenvalue weighted by molar-refractivity contribution is -0.0160. The van der Waals surface area contributed by atoms with Crippen LogP contribution in [0.3, 0.4) is 0 Å². The van der Waals surface area contributed by atoms with Crippen molar-refractivity contribution in [1.82, 2.24) is 24.6 Å². The second-order valence-corrected chi connectivity index (χ2v) is 10.8. The van der Waals surface area contributed by atoms with Crippen LogP contribution in [0.25, 0.3) is 5.69 Å². The van der Waals surface area contributed by atoms with Crippen molar-refractivity contribution in [1.29, 1.82) is 0 Å². The lowest BCUT2D eigenvalue weighted by Gasteiger charge is -2.57. The quantitative estimate of drug-likeness (QED) is 0.803. The number of likely N-dealkylation sites (tertiary alicyclic amines) is 1. The van der Waals surface area contributed by atoms with Gasteiger partial charge in [-0.3, -0.25) is 0 Å². The molecule has 4 aliphatic carbocycles. The molecule has 1 aliphatic heterocycles. The highest BCUT2D eigenvalue weighted by Crippen LogP contribution is 2.55. The Morgan fingerprint density at radius 2 is 1.59 bits per heavy atom. The molecule has 2 heterocycles. The number of nitrogens with zero attached hydrogens (tertiary/aromatic N) is 4. The summed E-state index contributed by atoms with van der Waals surface area (Å²) in [6, 6.07) is 9.84. The highest BCUT2D eigenvalue weighted by molar-refractivity contribution is 5.75. The maximum atomic E-state index is 13.2. The lowest BCUT2D eigenvalue weighted by Crippen LogP contribution is -2.62. The van der Waals surface area contributed by atoms with Gasteiger partial charge in [0.1, 0.15) is 5.82 Å². The van der Waals surface area contributed by atoms with Crippen molar-refractivity contribution in [3.63, 3.8) is 0 Å². The Hall–Kier alpha value is -2.57. The molecule has 0 unspecified atom stereocenters. The summed E-state index contributed by atoms with van der Waals surface area (Å²) >= 11 is 0. The monoisotopic (exact) mass is 435 g/mol. The predicted molar refractivity (Wildman–Crippen MR) is 122 cm³/mol. The molecule has 1 aromatic carbocycles. The molecule has 5 fully saturated rings. The van der Waals surface area contributed by atoms with E-state index in [-0.39, 0.29) is 23.2 Å². The van der Waals surface area contributed by atoms with Crippen LogP contribution in [0.1, 0.15) is 63.1 Å². The minimum Gasteiger partial charge on any atom is -0.333 e. The molecule has 170 valence electrons. The Kier molecular flexibility index (Phi) is 4.70. The molecule has 32 heavy (non-hydrogen) atoms. The molecule has 0 atom stereocenters. The van der Waals surface area contributed by atoms with Gasteiger partial charge in [0, 0.05) is 31.6 Å². The number of rotatable bonds is 3. The second kappa shape index (κ2) is 7.49. The van der Waals surface area contributed by atoms with Crippen LogP contribution in [0.2, 0.25) is 0 Å². The summed E-state index contributed by atoms with van der Waals surface area (Å²) in [7, 11) is 1.71. The van der Waals surface area contributed by atoms with Crippen molar-refractivity contribution in [2.45, 2.75) is 62.8 Å². The minimum absolute atomic E-state index is 0.0530.